The smallest absolute Gasteiger partial charge is 0.232 e. The summed E-state index contributed by atoms with van der Waals surface area (Å²) in [6, 6.07) is 9.27. The second-order valence-electron chi connectivity index (χ2n) is 4.51. The number of aryl methyl sites for hydroxylation is 1. The molecule has 0 bridgehead atoms. The van der Waals surface area contributed by atoms with Crippen molar-refractivity contribution in [3.63, 3.8) is 0 Å². The Balaban J connectivity index is 2.04. The molecule has 0 atom stereocenters. The quantitative estimate of drug-likeness (QED) is 0.744. The number of hydrogen-bond acceptors (Lipinski definition) is 5. The van der Waals surface area contributed by atoms with Crippen LogP contribution in [-0.4, -0.2) is 16.5 Å². The molecular weight excluding hydrogens is 306 g/mol. The Hall–Kier alpha value is -1.85. The number of benzene rings is 1. The molecule has 2 heterocycles. The zero-order valence-electron chi connectivity index (χ0n) is 11.7. The average Bonchev–Trinajstić information content (AvgIpc) is 2.82. The number of aromatic nitrogens is 2. The van der Waals surface area contributed by atoms with Gasteiger partial charge in [0.1, 0.15) is 10.6 Å². The molecule has 1 N–H and O–H groups in total. The lowest BCUT2D eigenvalue weighted by molar-refractivity contribution is 0.469. The summed E-state index contributed by atoms with van der Waals surface area (Å²) in [4.78, 5) is 11.0. The Labute approximate surface area is 131 Å². The maximum Gasteiger partial charge on any atom is 0.232 e. The molecule has 1 aromatic carbocycles. The van der Waals surface area contributed by atoms with Crippen LogP contribution in [0.25, 0.3) is 10.2 Å². The second kappa shape index (κ2) is 5.87. The van der Waals surface area contributed by atoms with E-state index in [-0.39, 0.29) is 0 Å². The molecule has 0 aliphatic carbocycles. The van der Waals surface area contributed by atoms with Crippen LogP contribution in [0.15, 0.2) is 30.3 Å². The predicted octanol–water partition coefficient (Wildman–Crippen LogP) is 4.88. The number of halogens is 1. The van der Waals surface area contributed by atoms with E-state index in [0.717, 1.165) is 16.8 Å². The Morgan fingerprint density at radius 3 is 2.71 bits per heavy atom. The summed E-state index contributed by atoms with van der Waals surface area (Å²) in [6.45, 7) is 4.81. The minimum atomic E-state index is 0.558. The fourth-order valence-corrected chi connectivity index (χ4v) is 2.94. The maximum atomic E-state index is 5.90. The fraction of sp³-hybridized carbons (Fsp3) is 0.200. The van der Waals surface area contributed by atoms with Crippen LogP contribution >= 0.6 is 22.9 Å². The summed E-state index contributed by atoms with van der Waals surface area (Å²) in [5.41, 5.74) is 0. The predicted molar refractivity (Wildman–Crippen MR) is 87.8 cm³/mol. The number of nitrogens with one attached hydrogen (secondary N) is 1. The first-order valence-corrected chi connectivity index (χ1v) is 7.80. The van der Waals surface area contributed by atoms with Crippen LogP contribution in [-0.2, 0) is 0 Å². The topological polar surface area (TPSA) is 47.0 Å². The second-order valence-corrected chi connectivity index (χ2v) is 6.19. The third-order valence-corrected chi connectivity index (χ3v) is 4.04. The van der Waals surface area contributed by atoms with Gasteiger partial charge in [-0.1, -0.05) is 11.6 Å². The van der Waals surface area contributed by atoms with Crippen molar-refractivity contribution in [2.75, 3.05) is 11.9 Å². The zero-order valence-corrected chi connectivity index (χ0v) is 13.3. The van der Waals surface area contributed by atoms with Gasteiger partial charge in [-0.2, -0.15) is 4.98 Å². The first-order chi connectivity index (χ1) is 10.2. The Kier molecular flexibility index (Phi) is 3.94. The van der Waals surface area contributed by atoms with E-state index in [2.05, 4.69) is 15.3 Å². The molecular formula is C15H14ClN3OS. The molecule has 0 unspecified atom stereocenters. The van der Waals surface area contributed by atoms with Gasteiger partial charge < -0.3 is 10.1 Å². The largest absolute Gasteiger partial charge is 0.438 e. The van der Waals surface area contributed by atoms with Crippen molar-refractivity contribution in [2.24, 2.45) is 0 Å². The highest BCUT2D eigenvalue weighted by atomic mass is 35.5. The van der Waals surface area contributed by atoms with E-state index in [1.807, 2.05) is 32.0 Å². The van der Waals surface area contributed by atoms with Gasteiger partial charge in [0, 0.05) is 16.4 Å². The summed E-state index contributed by atoms with van der Waals surface area (Å²) < 4.78 is 5.90. The van der Waals surface area contributed by atoms with Gasteiger partial charge in [0.25, 0.3) is 0 Å². The maximum absolute atomic E-state index is 5.90. The van der Waals surface area contributed by atoms with Crippen molar-refractivity contribution in [3.8, 4) is 11.6 Å². The molecule has 21 heavy (non-hydrogen) atoms. The summed E-state index contributed by atoms with van der Waals surface area (Å²) in [7, 11) is 0. The first kappa shape index (κ1) is 14.1. The molecule has 6 heteroatoms. The van der Waals surface area contributed by atoms with E-state index < -0.39 is 0 Å². The summed E-state index contributed by atoms with van der Waals surface area (Å²) in [6.07, 6.45) is 0. The van der Waals surface area contributed by atoms with Gasteiger partial charge in [-0.25, -0.2) is 4.98 Å². The van der Waals surface area contributed by atoms with Crippen molar-refractivity contribution in [3.05, 3.63) is 40.2 Å². The number of hydrogen-bond donors (Lipinski definition) is 1. The molecule has 108 valence electrons. The molecule has 0 amide bonds. The SMILES string of the molecule is CCNc1nc(Oc2ccc(Cl)cc2)c2cc(C)sc2n1. The van der Waals surface area contributed by atoms with Crippen LogP contribution in [0.2, 0.25) is 5.02 Å². The van der Waals surface area contributed by atoms with E-state index in [4.69, 9.17) is 16.3 Å². The monoisotopic (exact) mass is 319 g/mol. The van der Waals surface area contributed by atoms with E-state index in [1.165, 1.54) is 4.88 Å². The van der Waals surface area contributed by atoms with E-state index >= 15 is 0 Å². The van der Waals surface area contributed by atoms with Crippen molar-refractivity contribution >= 4 is 39.1 Å². The lowest BCUT2D eigenvalue weighted by Gasteiger charge is -2.08. The van der Waals surface area contributed by atoms with E-state index in [9.17, 15) is 0 Å². The van der Waals surface area contributed by atoms with Gasteiger partial charge in [0.05, 0.1) is 5.39 Å². The van der Waals surface area contributed by atoms with Gasteiger partial charge in [-0.3, -0.25) is 0 Å². The highest BCUT2D eigenvalue weighted by Crippen LogP contribution is 2.33. The van der Waals surface area contributed by atoms with Gasteiger partial charge in [-0.05, 0) is 44.2 Å². The summed E-state index contributed by atoms with van der Waals surface area (Å²) >= 11 is 7.52. The number of fused-ring (bicyclic) bond motifs is 1. The first-order valence-electron chi connectivity index (χ1n) is 6.61. The van der Waals surface area contributed by atoms with Crippen LogP contribution in [0.4, 0.5) is 5.95 Å². The van der Waals surface area contributed by atoms with Crippen molar-refractivity contribution < 1.29 is 4.74 Å². The molecule has 4 nitrogen and oxygen atoms in total. The van der Waals surface area contributed by atoms with Crippen LogP contribution in [0.3, 0.4) is 0 Å². The molecule has 0 fully saturated rings. The molecule has 3 aromatic rings. The molecule has 0 saturated carbocycles. The molecule has 0 spiro atoms. The zero-order chi connectivity index (χ0) is 14.8. The lowest BCUT2D eigenvalue weighted by Crippen LogP contribution is -2.02. The van der Waals surface area contributed by atoms with Crippen molar-refractivity contribution in [2.45, 2.75) is 13.8 Å². The lowest BCUT2D eigenvalue weighted by atomic mass is 10.3. The van der Waals surface area contributed by atoms with Crippen molar-refractivity contribution in [1.29, 1.82) is 0 Å². The molecule has 0 aliphatic rings. The van der Waals surface area contributed by atoms with Crippen LogP contribution < -0.4 is 10.1 Å². The molecule has 3 rings (SSSR count). The number of nitrogens with zero attached hydrogens (tertiary/aromatic N) is 2. The van der Waals surface area contributed by atoms with Gasteiger partial charge >= 0.3 is 0 Å². The Bertz CT molecular complexity index is 770. The minimum absolute atomic E-state index is 0.558. The third-order valence-electron chi connectivity index (χ3n) is 2.84. The molecule has 0 aliphatic heterocycles. The third kappa shape index (κ3) is 3.09. The fourth-order valence-electron chi connectivity index (χ4n) is 1.95. The number of ether oxygens (including phenoxy) is 1. The molecule has 2 aromatic heterocycles. The van der Waals surface area contributed by atoms with Crippen LogP contribution in [0.1, 0.15) is 11.8 Å². The number of thiophene rings is 1. The Morgan fingerprint density at radius 1 is 1.24 bits per heavy atom. The minimum Gasteiger partial charge on any atom is -0.438 e. The van der Waals surface area contributed by atoms with Crippen LogP contribution in [0, 0.1) is 6.92 Å². The molecule has 0 saturated heterocycles. The van der Waals surface area contributed by atoms with E-state index in [0.29, 0.717) is 22.6 Å². The van der Waals surface area contributed by atoms with Gasteiger partial charge in [-0.15, -0.1) is 11.3 Å². The van der Waals surface area contributed by atoms with Crippen LogP contribution in [0.5, 0.6) is 11.6 Å². The van der Waals surface area contributed by atoms with Crippen molar-refractivity contribution in [1.82, 2.24) is 9.97 Å². The summed E-state index contributed by atoms with van der Waals surface area (Å²) in [5, 5.41) is 4.73. The molecule has 0 radical (unpaired) electrons. The standard InChI is InChI=1S/C15H14ClN3OS/c1-3-17-15-18-13(12-8-9(2)21-14(12)19-15)20-11-6-4-10(16)5-7-11/h4-8H,3H2,1-2H3,(H,17,18,19). The van der Waals surface area contributed by atoms with Gasteiger partial charge in [0.15, 0.2) is 0 Å². The van der Waals surface area contributed by atoms with Gasteiger partial charge in [0.2, 0.25) is 11.8 Å². The normalized spacial score (nSPS) is 10.8. The van der Waals surface area contributed by atoms with E-state index in [1.54, 1.807) is 23.5 Å². The average molecular weight is 320 g/mol. The summed E-state index contributed by atoms with van der Waals surface area (Å²) in [5.74, 6) is 1.84. The highest BCUT2D eigenvalue weighted by Gasteiger charge is 2.12. The Morgan fingerprint density at radius 2 is 2.00 bits per heavy atom. The highest BCUT2D eigenvalue weighted by molar-refractivity contribution is 7.18. The number of rotatable bonds is 4. The number of anilines is 1.